The van der Waals surface area contributed by atoms with Gasteiger partial charge < -0.3 is 10.5 Å². The van der Waals surface area contributed by atoms with Crippen LogP contribution >= 0.6 is 11.3 Å². The number of ether oxygens (including phenoxy) is 1. The predicted octanol–water partition coefficient (Wildman–Crippen LogP) is 3.04. The highest BCUT2D eigenvalue weighted by Gasteiger charge is 2.39. The maximum absolute atomic E-state index is 6.07. The molecule has 0 radical (unpaired) electrons. The lowest BCUT2D eigenvalue weighted by Crippen LogP contribution is -2.34. The first-order valence-electron chi connectivity index (χ1n) is 6.49. The van der Waals surface area contributed by atoms with Crippen molar-refractivity contribution in [2.24, 2.45) is 11.7 Å². The molecule has 0 saturated heterocycles. The van der Waals surface area contributed by atoms with E-state index < -0.39 is 0 Å². The van der Waals surface area contributed by atoms with Crippen LogP contribution in [0.2, 0.25) is 0 Å². The summed E-state index contributed by atoms with van der Waals surface area (Å²) in [6, 6.07) is 0. The topological polar surface area (TPSA) is 48.1 Å². The van der Waals surface area contributed by atoms with Crippen LogP contribution in [0, 0.1) is 5.92 Å². The molecule has 2 rings (SSSR count). The second-order valence-corrected chi connectivity index (χ2v) is 5.82. The van der Waals surface area contributed by atoms with Crippen LogP contribution in [0.5, 0.6) is 0 Å². The van der Waals surface area contributed by atoms with E-state index in [1.807, 2.05) is 0 Å². The standard InChI is InChI=1S/C13H22N2OS/c1-3-16-13(6-4-10(2)5-7-13)12-15-11(8-14)9-17-12/h9-10H,3-8,14H2,1-2H3. The molecule has 0 spiro atoms. The van der Waals surface area contributed by atoms with Crippen molar-refractivity contribution in [2.75, 3.05) is 6.61 Å². The minimum absolute atomic E-state index is 0.126. The fourth-order valence-corrected chi connectivity index (χ4v) is 3.58. The molecule has 1 aromatic rings. The Morgan fingerprint density at radius 3 is 2.76 bits per heavy atom. The molecular weight excluding hydrogens is 232 g/mol. The Hall–Kier alpha value is -0.450. The van der Waals surface area contributed by atoms with Crippen LogP contribution in [0.3, 0.4) is 0 Å². The van der Waals surface area contributed by atoms with Crippen LogP contribution in [-0.2, 0) is 16.9 Å². The highest BCUT2D eigenvalue weighted by Crippen LogP contribution is 2.43. The molecule has 0 aliphatic heterocycles. The number of rotatable bonds is 4. The minimum Gasteiger partial charge on any atom is -0.368 e. The average molecular weight is 254 g/mol. The SMILES string of the molecule is CCOC1(c2nc(CN)cs2)CCC(C)CC1. The maximum Gasteiger partial charge on any atom is 0.125 e. The van der Waals surface area contributed by atoms with E-state index >= 15 is 0 Å². The molecule has 1 heterocycles. The first-order chi connectivity index (χ1) is 8.20. The van der Waals surface area contributed by atoms with Crippen LogP contribution in [0.4, 0.5) is 0 Å². The Morgan fingerprint density at radius 2 is 2.24 bits per heavy atom. The van der Waals surface area contributed by atoms with Crippen molar-refractivity contribution in [1.29, 1.82) is 0 Å². The molecule has 0 atom stereocenters. The van der Waals surface area contributed by atoms with Gasteiger partial charge in [-0.25, -0.2) is 4.98 Å². The van der Waals surface area contributed by atoms with Gasteiger partial charge in [0, 0.05) is 18.5 Å². The number of hydrogen-bond acceptors (Lipinski definition) is 4. The van der Waals surface area contributed by atoms with Crippen LogP contribution < -0.4 is 5.73 Å². The van der Waals surface area contributed by atoms with Crippen LogP contribution in [0.15, 0.2) is 5.38 Å². The van der Waals surface area contributed by atoms with Crippen LogP contribution in [-0.4, -0.2) is 11.6 Å². The van der Waals surface area contributed by atoms with Gasteiger partial charge in [0.15, 0.2) is 0 Å². The number of aromatic nitrogens is 1. The number of nitrogens with two attached hydrogens (primary N) is 1. The number of nitrogens with zero attached hydrogens (tertiary/aromatic N) is 1. The van der Waals surface area contributed by atoms with Crippen molar-refractivity contribution in [3.8, 4) is 0 Å². The summed E-state index contributed by atoms with van der Waals surface area (Å²) in [5.41, 5.74) is 6.50. The van der Waals surface area contributed by atoms with Crippen LogP contribution in [0.25, 0.3) is 0 Å². The van der Waals surface area contributed by atoms with Gasteiger partial charge in [0.2, 0.25) is 0 Å². The van der Waals surface area contributed by atoms with Gasteiger partial charge in [0.05, 0.1) is 5.69 Å². The fraction of sp³-hybridized carbons (Fsp3) is 0.769. The highest BCUT2D eigenvalue weighted by atomic mass is 32.1. The Kier molecular flexibility index (Phi) is 4.17. The molecule has 4 heteroatoms. The van der Waals surface area contributed by atoms with Crippen molar-refractivity contribution >= 4 is 11.3 Å². The molecule has 17 heavy (non-hydrogen) atoms. The van der Waals surface area contributed by atoms with E-state index in [4.69, 9.17) is 10.5 Å². The molecule has 2 N–H and O–H groups in total. The molecule has 1 aliphatic carbocycles. The highest BCUT2D eigenvalue weighted by molar-refractivity contribution is 7.09. The van der Waals surface area contributed by atoms with Gasteiger partial charge in [-0.1, -0.05) is 6.92 Å². The maximum atomic E-state index is 6.07. The third-order valence-corrected chi connectivity index (χ3v) is 4.73. The van der Waals surface area contributed by atoms with Crippen molar-refractivity contribution in [2.45, 2.75) is 51.7 Å². The van der Waals surface area contributed by atoms with Gasteiger partial charge in [-0.2, -0.15) is 0 Å². The monoisotopic (exact) mass is 254 g/mol. The van der Waals surface area contributed by atoms with E-state index in [0.29, 0.717) is 6.54 Å². The molecule has 1 aliphatic rings. The normalized spacial score (nSPS) is 29.5. The quantitative estimate of drug-likeness (QED) is 0.898. The average Bonchev–Trinajstić information content (AvgIpc) is 2.82. The van der Waals surface area contributed by atoms with E-state index in [9.17, 15) is 0 Å². The summed E-state index contributed by atoms with van der Waals surface area (Å²) in [6.45, 7) is 5.67. The van der Waals surface area contributed by atoms with E-state index in [1.54, 1.807) is 11.3 Å². The summed E-state index contributed by atoms with van der Waals surface area (Å²) in [7, 11) is 0. The summed E-state index contributed by atoms with van der Waals surface area (Å²) in [5.74, 6) is 0.817. The molecule has 0 amide bonds. The van der Waals surface area contributed by atoms with Gasteiger partial charge >= 0.3 is 0 Å². The lowest BCUT2D eigenvalue weighted by molar-refractivity contribution is -0.0777. The van der Waals surface area contributed by atoms with Crippen molar-refractivity contribution in [3.05, 3.63) is 16.1 Å². The van der Waals surface area contributed by atoms with Gasteiger partial charge in [-0.15, -0.1) is 11.3 Å². The van der Waals surface area contributed by atoms with Gasteiger partial charge in [0.1, 0.15) is 10.6 Å². The smallest absolute Gasteiger partial charge is 0.125 e. The zero-order chi connectivity index (χ0) is 12.3. The Labute approximate surface area is 107 Å². The summed E-state index contributed by atoms with van der Waals surface area (Å²) in [5, 5.41) is 3.19. The Balaban J connectivity index is 2.21. The molecule has 1 fully saturated rings. The summed E-state index contributed by atoms with van der Waals surface area (Å²) >= 11 is 1.70. The second kappa shape index (κ2) is 5.46. The largest absolute Gasteiger partial charge is 0.368 e. The Morgan fingerprint density at radius 1 is 1.53 bits per heavy atom. The van der Waals surface area contributed by atoms with Gasteiger partial charge in [-0.05, 0) is 38.5 Å². The van der Waals surface area contributed by atoms with Crippen molar-refractivity contribution in [3.63, 3.8) is 0 Å². The lowest BCUT2D eigenvalue weighted by Gasteiger charge is -2.37. The summed E-state index contributed by atoms with van der Waals surface area (Å²) in [4.78, 5) is 4.64. The molecule has 96 valence electrons. The zero-order valence-corrected chi connectivity index (χ0v) is 11.6. The summed E-state index contributed by atoms with van der Waals surface area (Å²) in [6.07, 6.45) is 4.66. The third kappa shape index (κ3) is 2.69. The van der Waals surface area contributed by atoms with E-state index in [0.717, 1.165) is 36.1 Å². The zero-order valence-electron chi connectivity index (χ0n) is 10.7. The van der Waals surface area contributed by atoms with E-state index in [2.05, 4.69) is 24.2 Å². The van der Waals surface area contributed by atoms with Crippen LogP contribution in [0.1, 0.15) is 50.2 Å². The number of thiazole rings is 1. The molecule has 0 aromatic carbocycles. The van der Waals surface area contributed by atoms with Crippen molar-refractivity contribution in [1.82, 2.24) is 4.98 Å². The van der Waals surface area contributed by atoms with E-state index in [-0.39, 0.29) is 5.60 Å². The van der Waals surface area contributed by atoms with Gasteiger partial charge in [-0.3, -0.25) is 0 Å². The predicted molar refractivity (Wildman–Crippen MR) is 70.9 cm³/mol. The molecule has 1 aromatic heterocycles. The second-order valence-electron chi connectivity index (χ2n) is 4.96. The number of hydrogen-bond donors (Lipinski definition) is 1. The molecule has 0 bridgehead atoms. The molecule has 3 nitrogen and oxygen atoms in total. The Bertz CT molecular complexity index is 356. The molecule has 1 saturated carbocycles. The van der Waals surface area contributed by atoms with Gasteiger partial charge in [0.25, 0.3) is 0 Å². The lowest BCUT2D eigenvalue weighted by atomic mass is 9.79. The first kappa shape index (κ1) is 13.0. The first-order valence-corrected chi connectivity index (χ1v) is 7.37. The summed E-state index contributed by atoms with van der Waals surface area (Å²) < 4.78 is 6.07. The fourth-order valence-electron chi connectivity index (χ4n) is 2.53. The molecular formula is C13H22N2OS. The third-order valence-electron chi connectivity index (χ3n) is 3.65. The van der Waals surface area contributed by atoms with E-state index in [1.165, 1.54) is 12.8 Å². The van der Waals surface area contributed by atoms with Crippen molar-refractivity contribution < 1.29 is 4.74 Å². The minimum atomic E-state index is -0.126. The molecule has 0 unspecified atom stereocenters.